The van der Waals surface area contributed by atoms with Gasteiger partial charge in [0.15, 0.2) is 5.16 Å². The second-order valence-electron chi connectivity index (χ2n) is 7.80. The van der Waals surface area contributed by atoms with Gasteiger partial charge in [0.1, 0.15) is 0 Å². The van der Waals surface area contributed by atoms with E-state index in [2.05, 4.69) is 41.9 Å². The van der Waals surface area contributed by atoms with Gasteiger partial charge in [0, 0.05) is 29.9 Å². The SMILES string of the molecule is Cc1ccc(-n2cc(-c3ccc(Cl)cc3)nc2SCC(=O)NC[C@@H]2CCCO2)c(C)c1. The number of carbonyl (C=O) groups is 1. The van der Waals surface area contributed by atoms with Crippen molar-refractivity contribution in [3.05, 3.63) is 64.8 Å². The lowest BCUT2D eigenvalue weighted by Crippen LogP contribution is -2.32. The number of aryl methyl sites for hydroxylation is 2. The zero-order valence-corrected chi connectivity index (χ0v) is 19.3. The van der Waals surface area contributed by atoms with E-state index in [9.17, 15) is 4.79 Å². The molecule has 1 aromatic heterocycles. The summed E-state index contributed by atoms with van der Waals surface area (Å²) in [4.78, 5) is 17.2. The Morgan fingerprint density at radius 1 is 1.26 bits per heavy atom. The standard InChI is InChI=1S/C24H26ClN3O2S/c1-16-5-10-22(17(2)12-16)28-14-21(18-6-8-19(25)9-7-18)27-24(28)31-15-23(29)26-13-20-4-3-11-30-20/h5-10,12,14,20H,3-4,11,13,15H2,1-2H3,(H,26,29)/t20-/m0/s1. The van der Waals surface area contributed by atoms with Crippen LogP contribution in [0.5, 0.6) is 0 Å². The van der Waals surface area contributed by atoms with Crippen molar-refractivity contribution in [3.63, 3.8) is 0 Å². The molecule has 2 heterocycles. The first-order valence-corrected chi connectivity index (χ1v) is 11.8. The summed E-state index contributed by atoms with van der Waals surface area (Å²) in [5.74, 6) is 0.290. The van der Waals surface area contributed by atoms with E-state index in [0.29, 0.717) is 17.3 Å². The first-order chi connectivity index (χ1) is 15.0. The zero-order valence-electron chi connectivity index (χ0n) is 17.7. The van der Waals surface area contributed by atoms with Crippen LogP contribution in [-0.2, 0) is 9.53 Å². The Bertz CT molecular complexity index is 1060. The monoisotopic (exact) mass is 455 g/mol. The van der Waals surface area contributed by atoms with Gasteiger partial charge in [0.2, 0.25) is 5.91 Å². The van der Waals surface area contributed by atoms with E-state index in [-0.39, 0.29) is 12.0 Å². The van der Waals surface area contributed by atoms with E-state index < -0.39 is 0 Å². The number of hydrogen-bond acceptors (Lipinski definition) is 4. The van der Waals surface area contributed by atoms with Crippen molar-refractivity contribution in [2.45, 2.75) is 37.9 Å². The van der Waals surface area contributed by atoms with E-state index in [1.54, 1.807) is 0 Å². The van der Waals surface area contributed by atoms with Crippen LogP contribution in [0.4, 0.5) is 0 Å². The number of thioether (sulfide) groups is 1. The Hall–Kier alpha value is -2.28. The second-order valence-corrected chi connectivity index (χ2v) is 9.18. The topological polar surface area (TPSA) is 56.2 Å². The Morgan fingerprint density at radius 2 is 2.06 bits per heavy atom. The molecule has 2 aromatic carbocycles. The van der Waals surface area contributed by atoms with Crippen LogP contribution >= 0.6 is 23.4 Å². The third-order valence-corrected chi connectivity index (χ3v) is 6.51. The first kappa shape index (κ1) is 21.9. The number of benzene rings is 2. The second kappa shape index (κ2) is 9.90. The fourth-order valence-electron chi connectivity index (χ4n) is 3.69. The Kier molecular flexibility index (Phi) is 7.00. The normalized spacial score (nSPS) is 15.9. The van der Waals surface area contributed by atoms with E-state index in [1.807, 2.05) is 30.5 Å². The highest BCUT2D eigenvalue weighted by Crippen LogP contribution is 2.29. The van der Waals surface area contributed by atoms with Crippen molar-refractivity contribution in [1.82, 2.24) is 14.9 Å². The van der Waals surface area contributed by atoms with Gasteiger partial charge in [-0.25, -0.2) is 4.98 Å². The fourth-order valence-corrected chi connectivity index (χ4v) is 4.63. The van der Waals surface area contributed by atoms with Crippen molar-refractivity contribution >= 4 is 29.3 Å². The molecule has 1 saturated heterocycles. The smallest absolute Gasteiger partial charge is 0.230 e. The molecule has 0 bridgehead atoms. The number of nitrogens with zero attached hydrogens (tertiary/aromatic N) is 2. The van der Waals surface area contributed by atoms with Gasteiger partial charge in [-0.2, -0.15) is 0 Å². The largest absolute Gasteiger partial charge is 0.376 e. The Balaban J connectivity index is 1.55. The summed E-state index contributed by atoms with van der Waals surface area (Å²) < 4.78 is 7.65. The number of amides is 1. The summed E-state index contributed by atoms with van der Waals surface area (Å²) in [6.45, 7) is 5.53. The van der Waals surface area contributed by atoms with Crippen molar-refractivity contribution in [2.24, 2.45) is 0 Å². The Morgan fingerprint density at radius 3 is 2.77 bits per heavy atom. The molecule has 0 saturated carbocycles. The molecule has 1 aliphatic heterocycles. The minimum Gasteiger partial charge on any atom is -0.376 e. The quantitative estimate of drug-likeness (QED) is 0.497. The van der Waals surface area contributed by atoms with Crippen LogP contribution in [0.3, 0.4) is 0 Å². The van der Waals surface area contributed by atoms with Crippen LogP contribution in [0.25, 0.3) is 16.9 Å². The molecule has 0 spiro atoms. The van der Waals surface area contributed by atoms with E-state index >= 15 is 0 Å². The lowest BCUT2D eigenvalue weighted by atomic mass is 10.1. The zero-order chi connectivity index (χ0) is 21.8. The molecule has 0 radical (unpaired) electrons. The summed E-state index contributed by atoms with van der Waals surface area (Å²) in [6, 6.07) is 14.0. The number of nitrogens with one attached hydrogen (secondary N) is 1. The van der Waals surface area contributed by atoms with E-state index in [4.69, 9.17) is 21.3 Å². The van der Waals surface area contributed by atoms with Crippen molar-refractivity contribution in [2.75, 3.05) is 18.9 Å². The number of ether oxygens (including phenoxy) is 1. The van der Waals surface area contributed by atoms with E-state index in [0.717, 1.165) is 47.1 Å². The highest BCUT2D eigenvalue weighted by atomic mass is 35.5. The van der Waals surface area contributed by atoms with E-state index in [1.165, 1.54) is 17.3 Å². The van der Waals surface area contributed by atoms with Gasteiger partial charge < -0.3 is 10.1 Å². The predicted octanol–water partition coefficient (Wildman–Crippen LogP) is 5.20. The average Bonchev–Trinajstić information content (AvgIpc) is 3.41. The molecule has 7 heteroatoms. The molecule has 162 valence electrons. The number of hydrogen-bond donors (Lipinski definition) is 1. The highest BCUT2D eigenvalue weighted by molar-refractivity contribution is 7.99. The summed E-state index contributed by atoms with van der Waals surface area (Å²) in [6.07, 6.45) is 4.24. The minimum atomic E-state index is -0.0104. The maximum absolute atomic E-state index is 12.4. The van der Waals surface area contributed by atoms with Crippen LogP contribution in [0.1, 0.15) is 24.0 Å². The van der Waals surface area contributed by atoms with Gasteiger partial charge in [-0.15, -0.1) is 0 Å². The minimum absolute atomic E-state index is 0.0104. The van der Waals surface area contributed by atoms with Gasteiger partial charge in [-0.3, -0.25) is 9.36 Å². The van der Waals surface area contributed by atoms with Crippen LogP contribution < -0.4 is 5.32 Å². The molecular weight excluding hydrogens is 430 g/mol. The third-order valence-electron chi connectivity index (χ3n) is 5.31. The molecule has 1 fully saturated rings. The number of imidazole rings is 1. The van der Waals surface area contributed by atoms with Crippen LogP contribution in [-0.4, -0.2) is 40.5 Å². The van der Waals surface area contributed by atoms with Gasteiger partial charge in [-0.1, -0.05) is 53.2 Å². The fraction of sp³-hybridized carbons (Fsp3) is 0.333. The lowest BCUT2D eigenvalue weighted by Gasteiger charge is -2.12. The number of rotatable bonds is 7. The first-order valence-electron chi connectivity index (χ1n) is 10.4. The van der Waals surface area contributed by atoms with Gasteiger partial charge >= 0.3 is 0 Å². The maximum Gasteiger partial charge on any atom is 0.230 e. The molecule has 1 amide bonds. The number of halogens is 1. The number of carbonyl (C=O) groups excluding carboxylic acids is 1. The molecule has 0 unspecified atom stereocenters. The van der Waals surface area contributed by atoms with Gasteiger partial charge in [0.25, 0.3) is 0 Å². The molecule has 1 N–H and O–H groups in total. The van der Waals surface area contributed by atoms with Crippen molar-refractivity contribution in [1.29, 1.82) is 0 Å². The summed E-state index contributed by atoms with van der Waals surface area (Å²) >= 11 is 7.48. The van der Waals surface area contributed by atoms with Crippen LogP contribution in [0, 0.1) is 13.8 Å². The molecule has 0 aliphatic carbocycles. The summed E-state index contributed by atoms with van der Waals surface area (Å²) in [5, 5.41) is 4.45. The molecule has 31 heavy (non-hydrogen) atoms. The molecule has 5 nitrogen and oxygen atoms in total. The molecule has 4 rings (SSSR count). The van der Waals surface area contributed by atoms with Crippen LogP contribution in [0.2, 0.25) is 5.02 Å². The van der Waals surface area contributed by atoms with Crippen LogP contribution in [0.15, 0.2) is 53.8 Å². The lowest BCUT2D eigenvalue weighted by molar-refractivity contribution is -0.119. The molecule has 3 aromatic rings. The van der Waals surface area contributed by atoms with Crippen molar-refractivity contribution in [3.8, 4) is 16.9 Å². The number of aromatic nitrogens is 2. The van der Waals surface area contributed by atoms with Gasteiger partial charge in [0.05, 0.1) is 23.2 Å². The predicted molar refractivity (Wildman–Crippen MR) is 126 cm³/mol. The van der Waals surface area contributed by atoms with Gasteiger partial charge in [-0.05, 0) is 50.5 Å². The maximum atomic E-state index is 12.4. The van der Waals surface area contributed by atoms with Crippen molar-refractivity contribution < 1.29 is 9.53 Å². The molecule has 1 aliphatic rings. The summed E-state index contributed by atoms with van der Waals surface area (Å²) in [7, 11) is 0. The molecular formula is C24H26ClN3O2S. The third kappa shape index (κ3) is 5.50. The average molecular weight is 456 g/mol. The highest BCUT2D eigenvalue weighted by Gasteiger charge is 2.18. The molecule has 1 atom stereocenters. The Labute approximate surface area is 192 Å². The summed E-state index contributed by atoms with van der Waals surface area (Å²) in [5.41, 5.74) is 5.25.